The second-order valence-corrected chi connectivity index (χ2v) is 2.88. The van der Waals surface area contributed by atoms with Gasteiger partial charge in [0.05, 0.1) is 6.61 Å². The van der Waals surface area contributed by atoms with Gasteiger partial charge in [-0.3, -0.25) is 4.79 Å². The van der Waals surface area contributed by atoms with E-state index in [9.17, 15) is 4.79 Å². The van der Waals surface area contributed by atoms with Crippen LogP contribution in [0.1, 0.15) is 19.8 Å². The standard InChI is InChI=1S/C8H14O4/c1-6(10)12-7-3-2-4-11-8(7)5-9/h7-9H,2-5H2,1H3. The maximum atomic E-state index is 10.6. The van der Waals surface area contributed by atoms with Crippen LogP contribution in [0.4, 0.5) is 0 Å². The molecule has 4 nitrogen and oxygen atoms in total. The first-order valence-electron chi connectivity index (χ1n) is 4.13. The van der Waals surface area contributed by atoms with Crippen molar-refractivity contribution in [2.45, 2.75) is 32.0 Å². The molecule has 0 aromatic heterocycles. The summed E-state index contributed by atoms with van der Waals surface area (Å²) in [7, 11) is 0. The number of aliphatic hydroxyl groups is 1. The molecule has 70 valence electrons. The van der Waals surface area contributed by atoms with Crippen molar-refractivity contribution in [3.8, 4) is 0 Å². The molecule has 1 saturated heterocycles. The number of rotatable bonds is 2. The number of aliphatic hydroxyl groups excluding tert-OH is 1. The van der Waals surface area contributed by atoms with Crippen molar-refractivity contribution in [2.24, 2.45) is 0 Å². The Morgan fingerprint density at radius 3 is 3.08 bits per heavy atom. The zero-order valence-corrected chi connectivity index (χ0v) is 7.16. The highest BCUT2D eigenvalue weighted by molar-refractivity contribution is 5.66. The highest BCUT2D eigenvalue weighted by Gasteiger charge is 2.27. The maximum absolute atomic E-state index is 10.6. The van der Waals surface area contributed by atoms with Crippen molar-refractivity contribution in [1.29, 1.82) is 0 Å². The summed E-state index contributed by atoms with van der Waals surface area (Å²) in [6, 6.07) is 0. The maximum Gasteiger partial charge on any atom is 0.302 e. The van der Waals surface area contributed by atoms with E-state index in [1.807, 2.05) is 0 Å². The third kappa shape index (κ3) is 2.46. The molecule has 1 aliphatic rings. The van der Waals surface area contributed by atoms with Gasteiger partial charge in [0.25, 0.3) is 0 Å². The second kappa shape index (κ2) is 4.42. The van der Waals surface area contributed by atoms with E-state index in [1.54, 1.807) is 0 Å². The molecule has 0 aromatic carbocycles. The van der Waals surface area contributed by atoms with Crippen molar-refractivity contribution in [3.05, 3.63) is 0 Å². The third-order valence-corrected chi connectivity index (χ3v) is 1.88. The molecule has 12 heavy (non-hydrogen) atoms. The number of carbonyl (C=O) groups is 1. The van der Waals surface area contributed by atoms with E-state index in [2.05, 4.69) is 0 Å². The van der Waals surface area contributed by atoms with Crippen LogP contribution in [0.5, 0.6) is 0 Å². The van der Waals surface area contributed by atoms with Crippen molar-refractivity contribution in [3.63, 3.8) is 0 Å². The highest BCUT2D eigenvalue weighted by Crippen LogP contribution is 2.16. The molecule has 0 amide bonds. The van der Waals surface area contributed by atoms with Crippen LogP contribution in [0.3, 0.4) is 0 Å². The van der Waals surface area contributed by atoms with Crippen LogP contribution in [0, 0.1) is 0 Å². The second-order valence-electron chi connectivity index (χ2n) is 2.88. The fraction of sp³-hybridized carbons (Fsp3) is 0.875. The molecular weight excluding hydrogens is 160 g/mol. The molecule has 1 N–H and O–H groups in total. The molecule has 0 radical (unpaired) electrons. The van der Waals surface area contributed by atoms with Gasteiger partial charge in [0, 0.05) is 13.5 Å². The average Bonchev–Trinajstić information content (AvgIpc) is 2.04. The zero-order valence-electron chi connectivity index (χ0n) is 7.16. The minimum Gasteiger partial charge on any atom is -0.460 e. The Bertz CT molecular complexity index is 157. The fourth-order valence-electron chi connectivity index (χ4n) is 1.33. The summed E-state index contributed by atoms with van der Waals surface area (Å²) in [6.07, 6.45) is 1.07. The third-order valence-electron chi connectivity index (χ3n) is 1.88. The average molecular weight is 174 g/mol. The predicted molar refractivity (Wildman–Crippen MR) is 41.6 cm³/mol. The number of ether oxygens (including phenoxy) is 2. The molecule has 0 aromatic rings. The van der Waals surface area contributed by atoms with E-state index in [1.165, 1.54) is 6.92 Å². The highest BCUT2D eigenvalue weighted by atomic mass is 16.6. The van der Waals surface area contributed by atoms with E-state index in [4.69, 9.17) is 14.6 Å². The Kier molecular flexibility index (Phi) is 3.49. The Morgan fingerprint density at radius 2 is 2.50 bits per heavy atom. The number of hydrogen-bond donors (Lipinski definition) is 1. The summed E-state index contributed by atoms with van der Waals surface area (Å²) in [5.74, 6) is -0.316. The molecule has 2 atom stereocenters. The first-order valence-corrected chi connectivity index (χ1v) is 4.13. The molecule has 0 aliphatic carbocycles. The largest absolute Gasteiger partial charge is 0.460 e. The summed E-state index contributed by atoms with van der Waals surface area (Å²) in [5.41, 5.74) is 0. The lowest BCUT2D eigenvalue weighted by atomic mass is 10.1. The molecule has 0 bridgehead atoms. The van der Waals surface area contributed by atoms with Gasteiger partial charge in [0.1, 0.15) is 12.2 Å². The van der Waals surface area contributed by atoms with Gasteiger partial charge in [-0.15, -0.1) is 0 Å². The van der Waals surface area contributed by atoms with Gasteiger partial charge in [0.15, 0.2) is 0 Å². The van der Waals surface area contributed by atoms with E-state index < -0.39 is 0 Å². The summed E-state index contributed by atoms with van der Waals surface area (Å²) in [6.45, 7) is 1.92. The van der Waals surface area contributed by atoms with Crippen molar-refractivity contribution < 1.29 is 19.4 Å². The Hall–Kier alpha value is -0.610. The normalized spacial score (nSPS) is 29.8. The van der Waals surface area contributed by atoms with Crippen molar-refractivity contribution in [1.82, 2.24) is 0 Å². The quantitative estimate of drug-likeness (QED) is 0.603. The summed E-state index contributed by atoms with van der Waals surface area (Å²) >= 11 is 0. The van der Waals surface area contributed by atoms with E-state index in [-0.39, 0.29) is 24.8 Å². The summed E-state index contributed by atoms with van der Waals surface area (Å²) in [5, 5.41) is 8.86. The molecule has 2 unspecified atom stereocenters. The molecule has 0 spiro atoms. The van der Waals surface area contributed by atoms with Crippen LogP contribution < -0.4 is 0 Å². The zero-order chi connectivity index (χ0) is 8.97. The first kappa shape index (κ1) is 9.48. The minimum absolute atomic E-state index is 0.0854. The van der Waals surface area contributed by atoms with E-state index >= 15 is 0 Å². The lowest BCUT2D eigenvalue weighted by Crippen LogP contribution is -2.39. The molecule has 1 aliphatic heterocycles. The number of esters is 1. The number of carbonyl (C=O) groups excluding carboxylic acids is 1. The van der Waals surface area contributed by atoms with Crippen LogP contribution in [-0.2, 0) is 14.3 Å². The lowest BCUT2D eigenvalue weighted by molar-refractivity contribution is -0.164. The predicted octanol–water partition coefficient (Wildman–Crippen LogP) is 0.0894. The molecule has 1 heterocycles. The number of hydrogen-bond acceptors (Lipinski definition) is 4. The van der Waals surface area contributed by atoms with Gasteiger partial charge in [-0.05, 0) is 12.8 Å². The lowest BCUT2D eigenvalue weighted by Gasteiger charge is -2.29. The van der Waals surface area contributed by atoms with Gasteiger partial charge in [0.2, 0.25) is 0 Å². The SMILES string of the molecule is CC(=O)OC1CCCOC1CO. The van der Waals surface area contributed by atoms with Crippen LogP contribution in [0.15, 0.2) is 0 Å². The Labute approximate surface area is 71.5 Å². The monoisotopic (exact) mass is 174 g/mol. The van der Waals surface area contributed by atoms with Crippen LogP contribution >= 0.6 is 0 Å². The van der Waals surface area contributed by atoms with Gasteiger partial charge >= 0.3 is 5.97 Å². The van der Waals surface area contributed by atoms with Crippen molar-refractivity contribution >= 4 is 5.97 Å². The van der Waals surface area contributed by atoms with Crippen LogP contribution in [0.25, 0.3) is 0 Å². The topological polar surface area (TPSA) is 55.8 Å². The minimum atomic E-state index is -0.331. The van der Waals surface area contributed by atoms with Gasteiger partial charge in [-0.1, -0.05) is 0 Å². The van der Waals surface area contributed by atoms with Gasteiger partial charge < -0.3 is 14.6 Å². The summed E-state index contributed by atoms with van der Waals surface area (Å²) in [4.78, 5) is 10.6. The van der Waals surface area contributed by atoms with Crippen LogP contribution in [0.2, 0.25) is 0 Å². The van der Waals surface area contributed by atoms with Crippen molar-refractivity contribution in [2.75, 3.05) is 13.2 Å². The Balaban J connectivity index is 2.41. The molecular formula is C8H14O4. The van der Waals surface area contributed by atoms with E-state index in [0.29, 0.717) is 6.61 Å². The smallest absolute Gasteiger partial charge is 0.302 e. The fourth-order valence-corrected chi connectivity index (χ4v) is 1.33. The molecule has 4 heteroatoms. The van der Waals surface area contributed by atoms with Gasteiger partial charge in [-0.25, -0.2) is 0 Å². The van der Waals surface area contributed by atoms with Gasteiger partial charge in [-0.2, -0.15) is 0 Å². The Morgan fingerprint density at radius 1 is 1.75 bits per heavy atom. The van der Waals surface area contributed by atoms with E-state index in [0.717, 1.165) is 12.8 Å². The molecule has 0 saturated carbocycles. The summed E-state index contributed by atoms with van der Waals surface area (Å²) < 4.78 is 10.2. The molecule has 1 rings (SSSR count). The van der Waals surface area contributed by atoms with Crippen LogP contribution in [-0.4, -0.2) is 36.5 Å². The molecule has 1 fully saturated rings. The first-order chi connectivity index (χ1) is 5.74.